The molecule has 0 saturated carbocycles. The molecule has 0 amide bonds. The zero-order valence-corrected chi connectivity index (χ0v) is 19.8. The Kier molecular flexibility index (Phi) is 6.40. The second-order valence-electron chi connectivity index (χ2n) is 9.48. The number of likely N-dealkylation sites (tertiary alicyclic amines) is 1. The number of thiophene rings is 1. The minimum atomic E-state index is -0.211. The number of hydrogen-bond acceptors (Lipinski definition) is 6. The van der Waals surface area contributed by atoms with Crippen molar-refractivity contribution in [3.05, 3.63) is 41.8 Å². The first kappa shape index (κ1) is 21.7. The molecule has 2 aliphatic rings. The number of aromatic nitrogens is 2. The van der Waals surface area contributed by atoms with E-state index in [9.17, 15) is 4.39 Å². The van der Waals surface area contributed by atoms with Crippen LogP contribution in [0.3, 0.4) is 0 Å². The number of fused-ring (bicyclic) bond motifs is 1. The van der Waals surface area contributed by atoms with Gasteiger partial charge >= 0.3 is 0 Å². The molecule has 32 heavy (non-hydrogen) atoms. The van der Waals surface area contributed by atoms with Gasteiger partial charge in [-0.15, -0.1) is 11.3 Å². The van der Waals surface area contributed by atoms with E-state index in [0.29, 0.717) is 6.04 Å². The Morgan fingerprint density at radius 3 is 2.59 bits per heavy atom. The van der Waals surface area contributed by atoms with Crippen molar-refractivity contribution in [1.29, 1.82) is 0 Å². The zero-order valence-electron chi connectivity index (χ0n) is 19.0. The Bertz CT molecular complexity index is 1040. The fourth-order valence-electron chi connectivity index (χ4n) is 5.25. The molecule has 3 aromatic rings. The quantitative estimate of drug-likeness (QED) is 0.558. The van der Waals surface area contributed by atoms with Crippen LogP contribution < -0.4 is 4.90 Å². The molecule has 7 heteroatoms. The largest absolute Gasteiger partial charge is 0.356 e. The van der Waals surface area contributed by atoms with Gasteiger partial charge < -0.3 is 14.7 Å². The van der Waals surface area contributed by atoms with Crippen molar-refractivity contribution < 1.29 is 4.39 Å². The fourth-order valence-corrected chi connectivity index (χ4v) is 6.16. The van der Waals surface area contributed by atoms with E-state index in [2.05, 4.69) is 39.2 Å². The number of likely N-dealkylation sites (N-methyl/N-ethyl adjacent to an activating group) is 1. The highest BCUT2D eigenvalue weighted by Crippen LogP contribution is 2.39. The number of halogens is 1. The molecule has 2 aliphatic heterocycles. The average molecular weight is 454 g/mol. The van der Waals surface area contributed by atoms with Gasteiger partial charge in [-0.05, 0) is 69.9 Å². The van der Waals surface area contributed by atoms with Gasteiger partial charge in [-0.1, -0.05) is 12.1 Å². The summed E-state index contributed by atoms with van der Waals surface area (Å²) in [5.74, 6) is 1.57. The summed E-state index contributed by atoms with van der Waals surface area (Å²) >= 11 is 1.64. The van der Waals surface area contributed by atoms with Crippen LogP contribution in [-0.4, -0.2) is 72.6 Å². The molecule has 5 rings (SSSR count). The third kappa shape index (κ3) is 4.51. The minimum absolute atomic E-state index is 0.211. The third-order valence-electron chi connectivity index (χ3n) is 7.15. The van der Waals surface area contributed by atoms with E-state index in [0.717, 1.165) is 46.2 Å². The zero-order chi connectivity index (χ0) is 22.1. The minimum Gasteiger partial charge on any atom is -0.356 e. The average Bonchev–Trinajstić information content (AvgIpc) is 3.25. The fraction of sp³-hybridized carbons (Fsp3) is 0.520. The van der Waals surface area contributed by atoms with Crippen molar-refractivity contribution in [2.24, 2.45) is 5.92 Å². The molecule has 0 spiro atoms. The summed E-state index contributed by atoms with van der Waals surface area (Å²) in [6.45, 7) is 5.72. The third-order valence-corrected chi connectivity index (χ3v) is 8.03. The van der Waals surface area contributed by atoms with Gasteiger partial charge in [-0.2, -0.15) is 0 Å². The molecule has 2 fully saturated rings. The smallest absolute Gasteiger partial charge is 0.141 e. The summed E-state index contributed by atoms with van der Waals surface area (Å²) in [7, 11) is 4.42. The van der Waals surface area contributed by atoms with Crippen molar-refractivity contribution in [2.75, 3.05) is 51.7 Å². The van der Waals surface area contributed by atoms with E-state index in [-0.39, 0.29) is 5.82 Å². The first-order valence-electron chi connectivity index (χ1n) is 11.7. The summed E-state index contributed by atoms with van der Waals surface area (Å²) in [5, 5.41) is 3.23. The Morgan fingerprint density at radius 2 is 1.84 bits per heavy atom. The first-order valence-corrected chi connectivity index (χ1v) is 12.6. The molecule has 0 bridgehead atoms. The SMILES string of the molecule is CN(C)C1CCCN(CC2CCN(c3ncnc4scc(-c5ccc(F)cc5)c34)CC2)C1. The Morgan fingerprint density at radius 1 is 1.06 bits per heavy atom. The van der Waals surface area contributed by atoms with Crippen LogP contribution in [0.2, 0.25) is 0 Å². The number of hydrogen-bond donors (Lipinski definition) is 0. The summed E-state index contributed by atoms with van der Waals surface area (Å²) in [6.07, 6.45) is 6.72. The van der Waals surface area contributed by atoms with Crippen LogP contribution in [0.1, 0.15) is 25.7 Å². The molecule has 4 heterocycles. The number of nitrogens with zero attached hydrogens (tertiary/aromatic N) is 5. The van der Waals surface area contributed by atoms with E-state index >= 15 is 0 Å². The van der Waals surface area contributed by atoms with Gasteiger partial charge in [0.1, 0.15) is 22.8 Å². The molecular weight excluding hydrogens is 421 g/mol. The van der Waals surface area contributed by atoms with Crippen LogP contribution in [0.25, 0.3) is 21.3 Å². The van der Waals surface area contributed by atoms with Crippen molar-refractivity contribution in [3.8, 4) is 11.1 Å². The summed E-state index contributed by atoms with van der Waals surface area (Å²) < 4.78 is 13.4. The first-order chi connectivity index (χ1) is 15.6. The van der Waals surface area contributed by atoms with Crippen molar-refractivity contribution in [2.45, 2.75) is 31.7 Å². The summed E-state index contributed by atoms with van der Waals surface area (Å²) in [4.78, 5) is 17.7. The highest BCUT2D eigenvalue weighted by atomic mass is 32.1. The lowest BCUT2D eigenvalue weighted by Crippen LogP contribution is -2.47. The molecule has 2 saturated heterocycles. The highest BCUT2D eigenvalue weighted by Gasteiger charge is 2.27. The molecule has 1 aromatic carbocycles. The van der Waals surface area contributed by atoms with Crippen LogP contribution >= 0.6 is 11.3 Å². The predicted molar refractivity (Wildman–Crippen MR) is 131 cm³/mol. The highest BCUT2D eigenvalue weighted by molar-refractivity contribution is 7.17. The molecular formula is C25H32FN5S. The van der Waals surface area contributed by atoms with Gasteiger partial charge in [0, 0.05) is 43.2 Å². The summed E-state index contributed by atoms with van der Waals surface area (Å²) in [5.41, 5.74) is 2.12. The standard InChI is InChI=1S/C25H32FN5S/c1-29(2)21-4-3-11-30(15-21)14-18-9-12-31(13-10-18)24-23-22(16-32-25(23)28-17-27-24)19-5-7-20(26)8-6-19/h5-8,16-18,21H,3-4,9-15H2,1-2H3. The lowest BCUT2D eigenvalue weighted by atomic mass is 9.94. The van der Waals surface area contributed by atoms with E-state index < -0.39 is 0 Å². The molecule has 5 nitrogen and oxygen atoms in total. The van der Waals surface area contributed by atoms with E-state index in [1.165, 1.54) is 57.5 Å². The Labute approximate surface area is 193 Å². The molecule has 0 N–H and O–H groups in total. The van der Waals surface area contributed by atoms with Gasteiger partial charge in [0.05, 0.1) is 5.39 Å². The van der Waals surface area contributed by atoms with Gasteiger partial charge in [-0.25, -0.2) is 14.4 Å². The van der Waals surface area contributed by atoms with Gasteiger partial charge in [0.2, 0.25) is 0 Å². The predicted octanol–water partition coefficient (Wildman–Crippen LogP) is 4.74. The lowest BCUT2D eigenvalue weighted by molar-refractivity contribution is 0.113. The molecule has 0 aliphatic carbocycles. The monoisotopic (exact) mass is 453 g/mol. The molecule has 1 atom stereocenters. The summed E-state index contributed by atoms with van der Waals surface area (Å²) in [6, 6.07) is 7.44. The Balaban J connectivity index is 1.29. The van der Waals surface area contributed by atoms with Crippen LogP contribution in [0.4, 0.5) is 10.2 Å². The van der Waals surface area contributed by atoms with E-state index in [1.807, 2.05) is 12.1 Å². The van der Waals surface area contributed by atoms with E-state index in [1.54, 1.807) is 17.7 Å². The van der Waals surface area contributed by atoms with Crippen molar-refractivity contribution >= 4 is 27.4 Å². The molecule has 170 valence electrons. The van der Waals surface area contributed by atoms with Crippen LogP contribution in [0, 0.1) is 11.7 Å². The van der Waals surface area contributed by atoms with Crippen LogP contribution in [0.15, 0.2) is 36.0 Å². The van der Waals surface area contributed by atoms with Crippen molar-refractivity contribution in [1.82, 2.24) is 19.8 Å². The van der Waals surface area contributed by atoms with Crippen LogP contribution in [-0.2, 0) is 0 Å². The number of anilines is 1. The maximum Gasteiger partial charge on any atom is 0.141 e. The molecule has 2 aromatic heterocycles. The second-order valence-corrected chi connectivity index (χ2v) is 10.3. The Hall–Kier alpha value is -2.09. The lowest BCUT2D eigenvalue weighted by Gasteiger charge is -2.40. The number of piperidine rings is 2. The maximum absolute atomic E-state index is 13.4. The number of rotatable bonds is 5. The number of benzene rings is 1. The van der Waals surface area contributed by atoms with Gasteiger partial charge in [0.15, 0.2) is 0 Å². The normalized spacial score (nSPS) is 21.0. The van der Waals surface area contributed by atoms with Crippen molar-refractivity contribution in [3.63, 3.8) is 0 Å². The topological polar surface area (TPSA) is 35.5 Å². The second kappa shape index (κ2) is 9.41. The van der Waals surface area contributed by atoms with Gasteiger partial charge in [-0.3, -0.25) is 0 Å². The molecule has 1 unspecified atom stereocenters. The van der Waals surface area contributed by atoms with Gasteiger partial charge in [0.25, 0.3) is 0 Å². The van der Waals surface area contributed by atoms with E-state index in [4.69, 9.17) is 4.98 Å². The molecule has 0 radical (unpaired) electrons. The maximum atomic E-state index is 13.4. The van der Waals surface area contributed by atoms with Crippen LogP contribution in [0.5, 0.6) is 0 Å².